The van der Waals surface area contributed by atoms with Crippen molar-refractivity contribution in [2.45, 2.75) is 13.0 Å². The van der Waals surface area contributed by atoms with E-state index in [4.69, 9.17) is 9.47 Å². The first kappa shape index (κ1) is 13.4. The van der Waals surface area contributed by atoms with E-state index in [9.17, 15) is 5.11 Å². The van der Waals surface area contributed by atoms with Crippen LogP contribution in [-0.4, -0.2) is 23.3 Å². The van der Waals surface area contributed by atoms with E-state index < -0.39 is 6.10 Å². The van der Waals surface area contributed by atoms with Gasteiger partial charge in [0.25, 0.3) is 0 Å². The Kier molecular flexibility index (Phi) is 3.63. The van der Waals surface area contributed by atoms with Gasteiger partial charge in [0, 0.05) is 17.5 Å². The molecule has 1 aliphatic heterocycles. The Balaban J connectivity index is 1.97. The Bertz CT molecular complexity index is 628. The van der Waals surface area contributed by atoms with E-state index in [1.165, 1.54) is 0 Å². The highest BCUT2D eigenvalue weighted by Gasteiger charge is 2.20. The molecule has 1 atom stereocenters. The molecule has 0 fully saturated rings. The third-order valence-electron chi connectivity index (χ3n) is 3.18. The Morgan fingerprint density at radius 1 is 1.20 bits per heavy atom. The minimum atomic E-state index is -0.741. The molecule has 0 aliphatic carbocycles. The number of fused-ring (bicyclic) bond motifs is 1. The Hall–Kier alpha value is -1.59. The normalized spacial score (nSPS) is 14.9. The molecule has 5 heteroatoms. The van der Waals surface area contributed by atoms with Crippen LogP contribution in [0, 0.1) is 6.92 Å². The van der Waals surface area contributed by atoms with Crippen LogP contribution in [-0.2, 0) is 0 Å². The van der Waals surface area contributed by atoms with Gasteiger partial charge in [0.05, 0.1) is 4.47 Å². The Morgan fingerprint density at radius 2 is 2.00 bits per heavy atom. The molecule has 104 valence electrons. The first-order valence-corrected chi connectivity index (χ1v) is 7.14. The zero-order chi connectivity index (χ0) is 14.1. The number of hydrogen-bond acceptors (Lipinski definition) is 4. The SMILES string of the molecule is Cc1ccc(C(O)c2cc(Br)c3c(c2)OCCO3)cn1. The summed E-state index contributed by atoms with van der Waals surface area (Å²) in [7, 11) is 0. The number of aliphatic hydroxyl groups excluding tert-OH is 1. The van der Waals surface area contributed by atoms with E-state index in [-0.39, 0.29) is 0 Å². The second-order valence-electron chi connectivity index (χ2n) is 4.66. The van der Waals surface area contributed by atoms with Crippen LogP contribution in [0.1, 0.15) is 22.9 Å². The van der Waals surface area contributed by atoms with Gasteiger partial charge in [0.2, 0.25) is 0 Å². The largest absolute Gasteiger partial charge is 0.486 e. The van der Waals surface area contributed by atoms with Gasteiger partial charge in [-0.1, -0.05) is 6.07 Å². The van der Waals surface area contributed by atoms with E-state index >= 15 is 0 Å². The zero-order valence-corrected chi connectivity index (χ0v) is 12.6. The van der Waals surface area contributed by atoms with Crippen molar-refractivity contribution in [3.8, 4) is 11.5 Å². The number of aliphatic hydroxyl groups is 1. The predicted molar refractivity (Wildman–Crippen MR) is 78.2 cm³/mol. The minimum absolute atomic E-state index is 0.519. The van der Waals surface area contributed by atoms with Crippen molar-refractivity contribution in [2.24, 2.45) is 0 Å². The fourth-order valence-corrected chi connectivity index (χ4v) is 2.70. The molecular weight excluding hydrogens is 322 g/mol. The third-order valence-corrected chi connectivity index (χ3v) is 3.77. The number of halogens is 1. The number of aryl methyl sites for hydroxylation is 1. The van der Waals surface area contributed by atoms with Gasteiger partial charge in [0.1, 0.15) is 19.3 Å². The van der Waals surface area contributed by atoms with Crippen LogP contribution in [0.4, 0.5) is 0 Å². The number of benzene rings is 1. The Labute approximate surface area is 125 Å². The van der Waals surface area contributed by atoms with Crippen molar-refractivity contribution in [3.05, 3.63) is 51.8 Å². The average molecular weight is 336 g/mol. The molecule has 2 aromatic rings. The van der Waals surface area contributed by atoms with Gasteiger partial charge in [-0.15, -0.1) is 0 Å². The zero-order valence-electron chi connectivity index (χ0n) is 11.0. The lowest BCUT2D eigenvalue weighted by atomic mass is 10.0. The standard InChI is InChI=1S/C15H14BrNO3/c1-9-2-3-10(8-17-9)14(18)11-6-12(16)15-13(7-11)19-4-5-20-15/h2-3,6-8,14,18H,4-5H2,1H3. The highest BCUT2D eigenvalue weighted by Crippen LogP contribution is 2.40. The summed E-state index contributed by atoms with van der Waals surface area (Å²) in [6.45, 7) is 2.97. The molecule has 1 aliphatic rings. The lowest BCUT2D eigenvalue weighted by Crippen LogP contribution is -2.16. The highest BCUT2D eigenvalue weighted by atomic mass is 79.9. The topological polar surface area (TPSA) is 51.6 Å². The van der Waals surface area contributed by atoms with Gasteiger partial charge in [-0.2, -0.15) is 0 Å². The van der Waals surface area contributed by atoms with Crippen LogP contribution >= 0.6 is 15.9 Å². The van der Waals surface area contributed by atoms with Gasteiger partial charge in [-0.25, -0.2) is 0 Å². The van der Waals surface area contributed by atoms with E-state index in [0.29, 0.717) is 24.7 Å². The number of nitrogens with zero attached hydrogens (tertiary/aromatic N) is 1. The fourth-order valence-electron chi connectivity index (χ4n) is 2.12. The molecule has 1 aromatic carbocycles. The van der Waals surface area contributed by atoms with Crippen LogP contribution in [0.25, 0.3) is 0 Å². The van der Waals surface area contributed by atoms with E-state index in [0.717, 1.165) is 21.3 Å². The molecule has 4 nitrogen and oxygen atoms in total. The van der Waals surface area contributed by atoms with Crippen molar-refractivity contribution >= 4 is 15.9 Å². The average Bonchev–Trinajstić information content (AvgIpc) is 2.47. The summed E-state index contributed by atoms with van der Waals surface area (Å²) < 4.78 is 11.9. The third kappa shape index (κ3) is 2.51. The first-order valence-electron chi connectivity index (χ1n) is 6.35. The number of aromatic nitrogens is 1. The van der Waals surface area contributed by atoms with Gasteiger partial charge in [-0.3, -0.25) is 4.98 Å². The summed E-state index contributed by atoms with van der Waals surface area (Å²) in [4.78, 5) is 4.21. The summed E-state index contributed by atoms with van der Waals surface area (Å²) in [6, 6.07) is 7.41. The van der Waals surface area contributed by atoms with Crippen LogP contribution in [0.2, 0.25) is 0 Å². The highest BCUT2D eigenvalue weighted by molar-refractivity contribution is 9.10. The number of ether oxygens (including phenoxy) is 2. The number of rotatable bonds is 2. The minimum Gasteiger partial charge on any atom is -0.486 e. The molecule has 0 spiro atoms. The molecular formula is C15H14BrNO3. The second-order valence-corrected chi connectivity index (χ2v) is 5.52. The molecule has 0 bridgehead atoms. The van der Waals surface area contributed by atoms with Crippen molar-refractivity contribution in [2.75, 3.05) is 13.2 Å². The molecule has 1 unspecified atom stereocenters. The van der Waals surface area contributed by atoms with Crippen LogP contribution in [0.5, 0.6) is 11.5 Å². The smallest absolute Gasteiger partial charge is 0.175 e. The van der Waals surface area contributed by atoms with Crippen molar-refractivity contribution < 1.29 is 14.6 Å². The van der Waals surface area contributed by atoms with E-state index in [1.54, 1.807) is 6.20 Å². The van der Waals surface area contributed by atoms with Gasteiger partial charge in [0.15, 0.2) is 11.5 Å². The molecule has 2 heterocycles. The molecule has 0 amide bonds. The maximum atomic E-state index is 10.5. The van der Waals surface area contributed by atoms with Crippen LogP contribution in [0.3, 0.4) is 0 Å². The number of hydrogen-bond donors (Lipinski definition) is 1. The van der Waals surface area contributed by atoms with Gasteiger partial charge >= 0.3 is 0 Å². The van der Waals surface area contributed by atoms with Crippen LogP contribution < -0.4 is 9.47 Å². The summed E-state index contributed by atoms with van der Waals surface area (Å²) in [6.07, 6.45) is 0.945. The van der Waals surface area contributed by atoms with Crippen molar-refractivity contribution in [1.29, 1.82) is 0 Å². The summed E-state index contributed by atoms with van der Waals surface area (Å²) in [5.74, 6) is 1.34. The van der Waals surface area contributed by atoms with E-state index in [1.807, 2.05) is 31.2 Å². The van der Waals surface area contributed by atoms with Crippen LogP contribution in [0.15, 0.2) is 34.9 Å². The molecule has 1 N–H and O–H groups in total. The summed E-state index contributed by atoms with van der Waals surface area (Å²) in [5, 5.41) is 10.5. The molecule has 1 aromatic heterocycles. The maximum absolute atomic E-state index is 10.5. The summed E-state index contributed by atoms with van der Waals surface area (Å²) >= 11 is 3.45. The lowest BCUT2D eigenvalue weighted by Gasteiger charge is -2.21. The quantitative estimate of drug-likeness (QED) is 0.916. The molecule has 20 heavy (non-hydrogen) atoms. The van der Waals surface area contributed by atoms with E-state index in [2.05, 4.69) is 20.9 Å². The van der Waals surface area contributed by atoms with Gasteiger partial charge < -0.3 is 14.6 Å². The molecule has 0 saturated heterocycles. The monoisotopic (exact) mass is 335 g/mol. The number of pyridine rings is 1. The molecule has 3 rings (SSSR count). The second kappa shape index (κ2) is 5.42. The predicted octanol–water partition coefficient (Wildman–Crippen LogP) is 3.01. The first-order chi connectivity index (χ1) is 9.65. The fraction of sp³-hybridized carbons (Fsp3) is 0.267. The lowest BCUT2D eigenvalue weighted by molar-refractivity contribution is 0.168. The molecule has 0 radical (unpaired) electrons. The van der Waals surface area contributed by atoms with Crippen molar-refractivity contribution in [3.63, 3.8) is 0 Å². The van der Waals surface area contributed by atoms with Crippen molar-refractivity contribution in [1.82, 2.24) is 4.98 Å². The summed E-state index contributed by atoms with van der Waals surface area (Å²) in [5.41, 5.74) is 2.41. The molecule has 0 saturated carbocycles. The van der Waals surface area contributed by atoms with Gasteiger partial charge in [-0.05, 0) is 46.6 Å². The maximum Gasteiger partial charge on any atom is 0.175 e. The Morgan fingerprint density at radius 3 is 2.75 bits per heavy atom.